The van der Waals surface area contributed by atoms with Gasteiger partial charge in [-0.25, -0.2) is 4.39 Å². The van der Waals surface area contributed by atoms with E-state index in [0.717, 1.165) is 0 Å². The van der Waals surface area contributed by atoms with Crippen LogP contribution >= 0.6 is 0 Å². The molecule has 0 bridgehead atoms. The number of halogens is 1. The molecule has 2 N–H and O–H groups in total. The Hall–Kier alpha value is -2.17. The van der Waals surface area contributed by atoms with Crippen LogP contribution in [0.1, 0.15) is 10.4 Å². The highest BCUT2D eigenvalue weighted by atomic mass is 19.1. The summed E-state index contributed by atoms with van der Waals surface area (Å²) in [5.41, 5.74) is 6.84. The molecule has 0 spiro atoms. The molecule has 1 aromatic heterocycles. The number of nitrogens with two attached hydrogens (primary N) is 1. The number of nitrogen functional groups attached to an aromatic ring is 1. The largest absolute Gasteiger partial charge is 0.396 e. The van der Waals surface area contributed by atoms with Crippen LogP contribution in [0.3, 0.4) is 0 Å². The van der Waals surface area contributed by atoms with Gasteiger partial charge in [0, 0.05) is 12.6 Å². The first-order valence-corrected chi connectivity index (χ1v) is 4.66. The fourth-order valence-corrected chi connectivity index (χ4v) is 1.61. The van der Waals surface area contributed by atoms with Crippen molar-refractivity contribution in [2.45, 2.75) is 0 Å². The second-order valence-corrected chi connectivity index (χ2v) is 3.40. The fourth-order valence-electron chi connectivity index (χ4n) is 1.61. The molecular formula is C11H10FN3O. The minimum absolute atomic E-state index is 0.0121. The van der Waals surface area contributed by atoms with E-state index in [4.69, 9.17) is 5.73 Å². The molecule has 0 radical (unpaired) electrons. The number of aryl methyl sites for hydroxylation is 1. The summed E-state index contributed by atoms with van der Waals surface area (Å²) in [6.45, 7) is 0. The highest BCUT2D eigenvalue weighted by Gasteiger charge is 2.15. The average molecular weight is 219 g/mol. The van der Waals surface area contributed by atoms with Gasteiger partial charge in [-0.2, -0.15) is 5.10 Å². The molecule has 0 saturated carbocycles. The second-order valence-electron chi connectivity index (χ2n) is 3.40. The van der Waals surface area contributed by atoms with E-state index in [9.17, 15) is 9.18 Å². The van der Waals surface area contributed by atoms with Crippen molar-refractivity contribution in [1.29, 1.82) is 0 Å². The van der Waals surface area contributed by atoms with Crippen molar-refractivity contribution < 1.29 is 9.18 Å². The summed E-state index contributed by atoms with van der Waals surface area (Å²) < 4.78 is 15.3. The first kappa shape index (κ1) is 10.4. The van der Waals surface area contributed by atoms with Crippen LogP contribution in [0.15, 0.2) is 24.4 Å². The lowest BCUT2D eigenvalue weighted by atomic mass is 10.1. The Morgan fingerprint density at radius 3 is 2.81 bits per heavy atom. The third-order valence-electron chi connectivity index (χ3n) is 2.38. The number of aldehydes is 1. The molecule has 1 heterocycles. The summed E-state index contributed by atoms with van der Waals surface area (Å²) in [6, 6.07) is 4.59. The van der Waals surface area contributed by atoms with Crippen LogP contribution in [0.25, 0.3) is 11.3 Å². The van der Waals surface area contributed by atoms with E-state index < -0.39 is 5.82 Å². The Balaban J connectivity index is 2.69. The minimum atomic E-state index is -0.576. The Labute approximate surface area is 91.5 Å². The number of hydrogen-bond acceptors (Lipinski definition) is 3. The maximum absolute atomic E-state index is 13.9. The van der Waals surface area contributed by atoms with E-state index in [1.165, 1.54) is 16.9 Å². The lowest BCUT2D eigenvalue weighted by Gasteiger charge is -2.06. The summed E-state index contributed by atoms with van der Waals surface area (Å²) in [6.07, 6.45) is 1.92. The highest BCUT2D eigenvalue weighted by molar-refractivity contribution is 5.81. The predicted octanol–water partition coefficient (Wildman–Crippen LogP) is 1.62. The van der Waals surface area contributed by atoms with E-state index in [2.05, 4.69) is 5.10 Å². The number of nitrogens with zero attached hydrogens (tertiary/aromatic N) is 2. The monoisotopic (exact) mass is 219 g/mol. The first-order valence-electron chi connectivity index (χ1n) is 4.66. The normalized spacial score (nSPS) is 10.4. The molecule has 0 unspecified atom stereocenters. The molecule has 16 heavy (non-hydrogen) atoms. The predicted molar refractivity (Wildman–Crippen MR) is 58.4 cm³/mol. The number of carbonyl (C=O) groups is 1. The molecule has 4 nitrogen and oxygen atoms in total. The zero-order valence-electron chi connectivity index (χ0n) is 8.64. The molecular weight excluding hydrogens is 209 g/mol. The molecule has 0 fully saturated rings. The number of anilines is 1. The lowest BCUT2D eigenvalue weighted by molar-refractivity contribution is 0.112. The number of benzene rings is 1. The molecule has 2 aromatic rings. The van der Waals surface area contributed by atoms with Crippen LogP contribution in [0.5, 0.6) is 0 Å². The van der Waals surface area contributed by atoms with Gasteiger partial charge in [-0.1, -0.05) is 6.07 Å². The smallest absolute Gasteiger partial charge is 0.153 e. The van der Waals surface area contributed by atoms with E-state index in [1.54, 1.807) is 19.2 Å². The number of carbonyl (C=O) groups excluding carboxylic acids is 1. The standard InChI is InChI=1S/C11H10FN3O/c1-15-11(9(13)5-14-15)8-4-2-3-7(6-16)10(8)12/h2-6H,13H2,1H3. The quantitative estimate of drug-likeness (QED) is 0.781. The number of rotatable bonds is 2. The Kier molecular flexibility index (Phi) is 2.44. The van der Waals surface area contributed by atoms with Crippen molar-refractivity contribution in [1.82, 2.24) is 9.78 Å². The van der Waals surface area contributed by atoms with Crippen molar-refractivity contribution >= 4 is 12.0 Å². The average Bonchev–Trinajstić information content (AvgIpc) is 2.60. The van der Waals surface area contributed by atoms with Crippen molar-refractivity contribution in [2.75, 3.05) is 5.73 Å². The van der Waals surface area contributed by atoms with Gasteiger partial charge >= 0.3 is 0 Å². The first-order chi connectivity index (χ1) is 7.65. The van der Waals surface area contributed by atoms with Gasteiger partial charge in [0.2, 0.25) is 0 Å². The van der Waals surface area contributed by atoms with Crippen LogP contribution in [0, 0.1) is 5.82 Å². The third-order valence-corrected chi connectivity index (χ3v) is 2.38. The Bertz CT molecular complexity index is 529. The highest BCUT2D eigenvalue weighted by Crippen LogP contribution is 2.28. The van der Waals surface area contributed by atoms with Gasteiger partial charge in [-0.15, -0.1) is 0 Å². The number of hydrogen-bond donors (Lipinski definition) is 1. The van der Waals surface area contributed by atoms with Crippen molar-refractivity contribution in [3.8, 4) is 11.3 Å². The van der Waals surface area contributed by atoms with E-state index >= 15 is 0 Å². The van der Waals surface area contributed by atoms with Gasteiger partial charge in [-0.05, 0) is 12.1 Å². The Morgan fingerprint density at radius 2 is 2.25 bits per heavy atom. The number of aromatic nitrogens is 2. The van der Waals surface area contributed by atoms with Crippen molar-refractivity contribution in [2.24, 2.45) is 7.05 Å². The third kappa shape index (κ3) is 1.46. The summed E-state index contributed by atoms with van der Waals surface area (Å²) in [5, 5.41) is 3.93. The molecule has 1 aromatic carbocycles. The molecule has 82 valence electrons. The topological polar surface area (TPSA) is 60.9 Å². The zero-order valence-corrected chi connectivity index (χ0v) is 8.64. The van der Waals surface area contributed by atoms with E-state index in [-0.39, 0.29) is 11.1 Å². The fraction of sp³-hybridized carbons (Fsp3) is 0.0909. The van der Waals surface area contributed by atoms with Gasteiger partial charge in [0.1, 0.15) is 5.82 Å². The summed E-state index contributed by atoms with van der Waals surface area (Å²) >= 11 is 0. The van der Waals surface area contributed by atoms with Crippen molar-refractivity contribution in [3.05, 3.63) is 35.8 Å². The summed E-state index contributed by atoms with van der Waals surface area (Å²) in [4.78, 5) is 10.6. The minimum Gasteiger partial charge on any atom is -0.396 e. The zero-order chi connectivity index (χ0) is 11.7. The molecule has 0 saturated heterocycles. The van der Waals surface area contributed by atoms with Gasteiger partial charge in [0.05, 0.1) is 23.1 Å². The van der Waals surface area contributed by atoms with Gasteiger partial charge in [-0.3, -0.25) is 9.48 Å². The Morgan fingerprint density at radius 1 is 1.50 bits per heavy atom. The maximum atomic E-state index is 13.9. The second kappa shape index (κ2) is 3.77. The van der Waals surface area contributed by atoms with E-state index in [1.807, 2.05) is 0 Å². The molecule has 0 amide bonds. The molecule has 0 aliphatic rings. The van der Waals surface area contributed by atoms with Crippen molar-refractivity contribution in [3.63, 3.8) is 0 Å². The summed E-state index contributed by atoms with van der Waals surface area (Å²) in [5.74, 6) is -0.576. The maximum Gasteiger partial charge on any atom is 0.153 e. The van der Waals surface area contributed by atoms with Crippen LogP contribution < -0.4 is 5.73 Å². The van der Waals surface area contributed by atoms with Crippen LogP contribution in [0.4, 0.5) is 10.1 Å². The van der Waals surface area contributed by atoms with Crippen LogP contribution in [-0.2, 0) is 7.05 Å². The van der Waals surface area contributed by atoms with Crippen LogP contribution in [0.2, 0.25) is 0 Å². The SMILES string of the molecule is Cn1ncc(N)c1-c1cccc(C=O)c1F. The molecule has 0 aliphatic heterocycles. The molecule has 5 heteroatoms. The summed E-state index contributed by atoms with van der Waals surface area (Å²) in [7, 11) is 1.67. The molecule has 2 rings (SSSR count). The van der Waals surface area contributed by atoms with Gasteiger partial charge < -0.3 is 5.73 Å². The molecule has 0 aliphatic carbocycles. The molecule has 0 atom stereocenters. The van der Waals surface area contributed by atoms with Gasteiger partial charge in [0.25, 0.3) is 0 Å². The van der Waals surface area contributed by atoms with Crippen LogP contribution in [-0.4, -0.2) is 16.1 Å². The lowest BCUT2D eigenvalue weighted by Crippen LogP contribution is -1.99. The van der Waals surface area contributed by atoms with Gasteiger partial charge in [0.15, 0.2) is 6.29 Å². The van der Waals surface area contributed by atoms with E-state index in [0.29, 0.717) is 17.7 Å².